The van der Waals surface area contributed by atoms with Gasteiger partial charge < -0.3 is 9.15 Å². The Kier molecular flexibility index (Phi) is 5.32. The lowest BCUT2D eigenvalue weighted by Gasteiger charge is -2.06. The van der Waals surface area contributed by atoms with Gasteiger partial charge in [0.05, 0.1) is 7.11 Å². The number of rotatable bonds is 6. The predicted octanol–water partition coefficient (Wildman–Crippen LogP) is 3.81. The van der Waals surface area contributed by atoms with E-state index in [9.17, 15) is 9.59 Å². The molecule has 8 heteroatoms. The van der Waals surface area contributed by atoms with E-state index in [0.717, 1.165) is 17.8 Å². The van der Waals surface area contributed by atoms with Gasteiger partial charge in [0.1, 0.15) is 21.9 Å². The Morgan fingerprint density at radius 3 is 2.73 bits per heavy atom. The number of carbonyl (C=O) groups excluding carboxylic acids is 1. The second-order valence-electron chi connectivity index (χ2n) is 5.76. The van der Waals surface area contributed by atoms with Crippen LogP contribution in [0.15, 0.2) is 33.5 Å². The van der Waals surface area contributed by atoms with Gasteiger partial charge in [-0.15, -0.1) is 10.2 Å². The minimum absolute atomic E-state index is 0.0926. The van der Waals surface area contributed by atoms with Gasteiger partial charge in [-0.3, -0.25) is 10.1 Å². The standard InChI is InChI=1S/C18H19N3O4S/c1-4-10(5-2)16-20-21-18(26-16)19-15(22)13-9-11-8-12(24-3)6-7-14(11)25-17(13)23/h6-10H,4-5H2,1-3H3,(H,19,21,22). The summed E-state index contributed by atoms with van der Waals surface area (Å²) in [5.74, 6) is 0.351. The first-order valence-electron chi connectivity index (χ1n) is 8.32. The van der Waals surface area contributed by atoms with Gasteiger partial charge in [0, 0.05) is 11.3 Å². The third-order valence-corrected chi connectivity index (χ3v) is 5.18. The number of hydrogen-bond donors (Lipinski definition) is 1. The fourth-order valence-electron chi connectivity index (χ4n) is 2.64. The zero-order valence-corrected chi connectivity index (χ0v) is 15.6. The van der Waals surface area contributed by atoms with Crippen LogP contribution in [-0.2, 0) is 0 Å². The molecule has 0 atom stereocenters. The molecule has 0 fully saturated rings. The molecule has 0 aliphatic rings. The number of amides is 1. The van der Waals surface area contributed by atoms with Crippen molar-refractivity contribution in [1.29, 1.82) is 0 Å². The van der Waals surface area contributed by atoms with Gasteiger partial charge in [-0.05, 0) is 37.1 Å². The topological polar surface area (TPSA) is 94.3 Å². The van der Waals surface area contributed by atoms with E-state index in [1.165, 1.54) is 17.4 Å². The molecule has 7 nitrogen and oxygen atoms in total. The fraction of sp³-hybridized carbons (Fsp3) is 0.333. The molecule has 1 N–H and O–H groups in total. The van der Waals surface area contributed by atoms with Crippen LogP contribution >= 0.6 is 11.3 Å². The molecule has 3 aromatic rings. The Morgan fingerprint density at radius 2 is 2.04 bits per heavy atom. The number of methoxy groups -OCH3 is 1. The summed E-state index contributed by atoms with van der Waals surface area (Å²) in [5, 5.41) is 12.6. The van der Waals surface area contributed by atoms with Gasteiger partial charge >= 0.3 is 5.63 Å². The van der Waals surface area contributed by atoms with Crippen molar-refractivity contribution in [3.63, 3.8) is 0 Å². The zero-order chi connectivity index (χ0) is 18.7. The second kappa shape index (κ2) is 7.65. The van der Waals surface area contributed by atoms with Crippen molar-refractivity contribution in [1.82, 2.24) is 10.2 Å². The summed E-state index contributed by atoms with van der Waals surface area (Å²) in [6, 6.07) is 6.50. The van der Waals surface area contributed by atoms with E-state index in [0.29, 0.717) is 27.8 Å². The first-order valence-corrected chi connectivity index (χ1v) is 9.14. The number of fused-ring (bicyclic) bond motifs is 1. The van der Waals surface area contributed by atoms with E-state index < -0.39 is 11.5 Å². The highest BCUT2D eigenvalue weighted by Crippen LogP contribution is 2.28. The molecule has 1 amide bonds. The predicted molar refractivity (Wildman–Crippen MR) is 100 cm³/mol. The van der Waals surface area contributed by atoms with Gasteiger partial charge in [0.2, 0.25) is 5.13 Å². The number of nitrogens with zero attached hydrogens (tertiary/aromatic N) is 2. The summed E-state index contributed by atoms with van der Waals surface area (Å²) >= 11 is 1.32. The molecular formula is C18H19N3O4S. The average molecular weight is 373 g/mol. The Bertz CT molecular complexity index is 992. The Hall–Kier alpha value is -2.74. The minimum Gasteiger partial charge on any atom is -0.497 e. The molecule has 0 aliphatic carbocycles. The molecule has 0 aliphatic heterocycles. The van der Waals surface area contributed by atoms with Gasteiger partial charge in [-0.1, -0.05) is 25.2 Å². The molecule has 0 spiro atoms. The lowest BCUT2D eigenvalue weighted by Crippen LogP contribution is -2.20. The summed E-state index contributed by atoms with van der Waals surface area (Å²) in [7, 11) is 1.54. The van der Waals surface area contributed by atoms with Gasteiger partial charge in [-0.2, -0.15) is 0 Å². The van der Waals surface area contributed by atoms with Crippen molar-refractivity contribution < 1.29 is 13.9 Å². The summed E-state index contributed by atoms with van der Waals surface area (Å²) < 4.78 is 10.4. The van der Waals surface area contributed by atoms with E-state index in [1.54, 1.807) is 25.3 Å². The molecule has 0 saturated carbocycles. The highest BCUT2D eigenvalue weighted by Gasteiger charge is 2.18. The molecule has 0 saturated heterocycles. The van der Waals surface area contributed by atoms with Crippen molar-refractivity contribution >= 4 is 33.3 Å². The van der Waals surface area contributed by atoms with Crippen molar-refractivity contribution in [2.45, 2.75) is 32.6 Å². The Balaban J connectivity index is 1.87. The fourth-order valence-corrected chi connectivity index (χ4v) is 3.64. The summed E-state index contributed by atoms with van der Waals surface area (Å²) in [4.78, 5) is 24.6. The number of carbonyl (C=O) groups is 1. The maximum Gasteiger partial charge on any atom is 0.349 e. The van der Waals surface area contributed by atoms with Crippen molar-refractivity contribution in [3.8, 4) is 5.75 Å². The molecule has 26 heavy (non-hydrogen) atoms. The Labute approximate surface area is 154 Å². The maximum absolute atomic E-state index is 12.5. The van der Waals surface area contributed by atoms with Gasteiger partial charge in [0.25, 0.3) is 5.91 Å². The third-order valence-electron chi connectivity index (χ3n) is 4.18. The van der Waals surface area contributed by atoms with Gasteiger partial charge in [-0.25, -0.2) is 4.79 Å². The van der Waals surface area contributed by atoms with Crippen molar-refractivity contribution in [2.75, 3.05) is 12.4 Å². The monoisotopic (exact) mass is 373 g/mol. The molecule has 2 aromatic heterocycles. The highest BCUT2D eigenvalue weighted by atomic mass is 32.1. The van der Waals surface area contributed by atoms with Crippen LogP contribution in [-0.4, -0.2) is 23.2 Å². The number of nitrogens with one attached hydrogen (secondary N) is 1. The maximum atomic E-state index is 12.5. The van der Waals surface area contributed by atoms with Crippen LogP contribution in [0.2, 0.25) is 0 Å². The zero-order valence-electron chi connectivity index (χ0n) is 14.7. The SMILES string of the molecule is CCC(CC)c1nnc(NC(=O)c2cc3cc(OC)ccc3oc2=O)s1. The van der Waals surface area contributed by atoms with Crippen molar-refractivity contribution in [2.24, 2.45) is 0 Å². The van der Waals surface area contributed by atoms with Crippen LogP contribution < -0.4 is 15.7 Å². The first kappa shape index (κ1) is 18.1. The average Bonchev–Trinajstić information content (AvgIpc) is 3.10. The summed E-state index contributed by atoms with van der Waals surface area (Å²) in [6.07, 6.45) is 1.91. The molecule has 136 valence electrons. The quantitative estimate of drug-likeness (QED) is 0.660. The highest BCUT2D eigenvalue weighted by molar-refractivity contribution is 7.15. The van der Waals surface area contributed by atoms with E-state index in [-0.39, 0.29) is 5.56 Å². The molecule has 3 rings (SSSR count). The summed E-state index contributed by atoms with van der Waals surface area (Å²) in [5.41, 5.74) is -0.408. The van der Waals surface area contributed by atoms with Crippen LogP contribution in [0.5, 0.6) is 5.75 Å². The van der Waals surface area contributed by atoms with Gasteiger partial charge in [0.15, 0.2) is 0 Å². The van der Waals surface area contributed by atoms with Crippen LogP contribution in [0.4, 0.5) is 5.13 Å². The normalized spacial score (nSPS) is 11.1. The largest absolute Gasteiger partial charge is 0.497 e. The summed E-state index contributed by atoms with van der Waals surface area (Å²) in [6.45, 7) is 4.17. The van der Waals surface area contributed by atoms with E-state index in [1.807, 2.05) is 0 Å². The minimum atomic E-state index is -0.704. The van der Waals surface area contributed by atoms with Crippen molar-refractivity contribution in [3.05, 3.63) is 45.3 Å². The number of benzene rings is 1. The number of anilines is 1. The Morgan fingerprint density at radius 1 is 1.27 bits per heavy atom. The second-order valence-corrected chi connectivity index (χ2v) is 6.77. The molecule has 0 unspecified atom stereocenters. The van der Waals surface area contributed by atoms with E-state index >= 15 is 0 Å². The lowest BCUT2D eigenvalue weighted by atomic mass is 10.1. The molecule has 1 aromatic carbocycles. The number of ether oxygens (including phenoxy) is 1. The molecule has 2 heterocycles. The van der Waals surface area contributed by atoms with Crippen LogP contribution in [0, 0.1) is 0 Å². The molecular weight excluding hydrogens is 354 g/mol. The third kappa shape index (κ3) is 3.60. The van der Waals surface area contributed by atoms with Crippen LogP contribution in [0.3, 0.4) is 0 Å². The van der Waals surface area contributed by atoms with Crippen LogP contribution in [0.25, 0.3) is 11.0 Å². The first-order chi connectivity index (χ1) is 12.5. The molecule has 0 radical (unpaired) electrons. The smallest absolute Gasteiger partial charge is 0.349 e. The number of hydrogen-bond acceptors (Lipinski definition) is 7. The lowest BCUT2D eigenvalue weighted by molar-refractivity contribution is 0.102. The van der Waals surface area contributed by atoms with E-state index in [2.05, 4.69) is 29.4 Å². The van der Waals surface area contributed by atoms with Crippen LogP contribution in [0.1, 0.15) is 48.0 Å². The van der Waals surface area contributed by atoms with E-state index in [4.69, 9.17) is 9.15 Å². The molecule has 0 bridgehead atoms. The number of aromatic nitrogens is 2.